The Morgan fingerprint density at radius 1 is 1.60 bits per heavy atom. The normalized spacial score (nSPS) is 37.9. The summed E-state index contributed by atoms with van der Waals surface area (Å²) in [6.45, 7) is 7.19. The number of nitrogens with zero attached hydrogens (tertiary/aromatic N) is 1. The molecule has 0 aromatic heterocycles. The first-order chi connectivity index (χ1) is 7.15. The van der Waals surface area contributed by atoms with Crippen LogP contribution in [0.3, 0.4) is 0 Å². The maximum absolute atomic E-state index is 11.1. The Morgan fingerprint density at radius 3 is 2.87 bits per heavy atom. The monoisotopic (exact) mass is 212 g/mol. The Hall–Kier alpha value is -0.610. The second-order valence-electron chi connectivity index (χ2n) is 4.78. The van der Waals surface area contributed by atoms with Crippen LogP contribution in [-0.2, 0) is 4.79 Å². The SMILES string of the molecule is CCC(C(=O)O)N1CC2CNCC2C1C. The summed E-state index contributed by atoms with van der Waals surface area (Å²) in [4.78, 5) is 13.3. The highest BCUT2D eigenvalue weighted by atomic mass is 16.4. The number of hydrogen-bond acceptors (Lipinski definition) is 3. The number of nitrogens with one attached hydrogen (secondary N) is 1. The first-order valence-corrected chi connectivity index (χ1v) is 5.84. The standard InChI is InChI=1S/C11H20N2O2/c1-3-10(11(14)15)13-6-8-4-12-5-9(8)7(13)2/h7-10,12H,3-6H2,1-2H3,(H,14,15). The summed E-state index contributed by atoms with van der Waals surface area (Å²) in [7, 11) is 0. The molecule has 4 heteroatoms. The van der Waals surface area contributed by atoms with E-state index < -0.39 is 5.97 Å². The summed E-state index contributed by atoms with van der Waals surface area (Å²) >= 11 is 0. The number of rotatable bonds is 3. The molecule has 0 radical (unpaired) electrons. The minimum absolute atomic E-state index is 0.286. The molecule has 4 nitrogen and oxygen atoms in total. The van der Waals surface area contributed by atoms with Gasteiger partial charge in [0, 0.05) is 12.6 Å². The summed E-state index contributed by atoms with van der Waals surface area (Å²) in [6.07, 6.45) is 0.701. The minimum atomic E-state index is -0.669. The number of hydrogen-bond donors (Lipinski definition) is 2. The van der Waals surface area contributed by atoms with Crippen molar-refractivity contribution >= 4 is 5.97 Å². The third kappa shape index (κ3) is 1.76. The van der Waals surface area contributed by atoms with Crippen LogP contribution < -0.4 is 5.32 Å². The molecule has 2 saturated heterocycles. The van der Waals surface area contributed by atoms with E-state index in [0.29, 0.717) is 24.3 Å². The van der Waals surface area contributed by atoms with Gasteiger partial charge in [0.15, 0.2) is 0 Å². The predicted molar refractivity (Wildman–Crippen MR) is 57.7 cm³/mol. The van der Waals surface area contributed by atoms with Crippen molar-refractivity contribution in [1.29, 1.82) is 0 Å². The van der Waals surface area contributed by atoms with E-state index in [1.807, 2.05) is 6.92 Å². The Kier molecular flexibility index (Phi) is 2.98. The number of fused-ring (bicyclic) bond motifs is 1. The van der Waals surface area contributed by atoms with Crippen LogP contribution >= 0.6 is 0 Å². The lowest BCUT2D eigenvalue weighted by molar-refractivity contribution is -0.143. The Balaban J connectivity index is 2.08. The van der Waals surface area contributed by atoms with Crippen molar-refractivity contribution in [2.75, 3.05) is 19.6 Å². The molecule has 4 unspecified atom stereocenters. The van der Waals surface area contributed by atoms with Crippen molar-refractivity contribution in [3.8, 4) is 0 Å². The van der Waals surface area contributed by atoms with Crippen LogP contribution in [0.4, 0.5) is 0 Å². The molecule has 0 spiro atoms. The van der Waals surface area contributed by atoms with Crippen LogP contribution in [0.15, 0.2) is 0 Å². The van der Waals surface area contributed by atoms with Crippen LogP contribution in [-0.4, -0.2) is 47.7 Å². The van der Waals surface area contributed by atoms with Crippen molar-refractivity contribution < 1.29 is 9.90 Å². The molecule has 0 aromatic carbocycles. The van der Waals surface area contributed by atoms with Gasteiger partial charge in [-0.05, 0) is 38.3 Å². The van der Waals surface area contributed by atoms with Gasteiger partial charge in [0.2, 0.25) is 0 Å². The third-order valence-electron chi connectivity index (χ3n) is 4.05. The van der Waals surface area contributed by atoms with Crippen LogP contribution in [0.25, 0.3) is 0 Å². The molecule has 86 valence electrons. The van der Waals surface area contributed by atoms with Crippen LogP contribution in [0.2, 0.25) is 0 Å². The van der Waals surface area contributed by atoms with Gasteiger partial charge in [-0.1, -0.05) is 6.92 Å². The molecular weight excluding hydrogens is 192 g/mol. The van der Waals surface area contributed by atoms with E-state index in [1.165, 1.54) is 0 Å². The second kappa shape index (κ2) is 4.10. The number of aliphatic carboxylic acids is 1. The van der Waals surface area contributed by atoms with Crippen molar-refractivity contribution in [3.63, 3.8) is 0 Å². The van der Waals surface area contributed by atoms with E-state index in [-0.39, 0.29) is 6.04 Å². The lowest BCUT2D eigenvalue weighted by Gasteiger charge is -2.29. The van der Waals surface area contributed by atoms with Crippen molar-refractivity contribution in [3.05, 3.63) is 0 Å². The third-order valence-corrected chi connectivity index (χ3v) is 4.05. The quantitative estimate of drug-likeness (QED) is 0.710. The van der Waals surface area contributed by atoms with Gasteiger partial charge < -0.3 is 10.4 Å². The van der Waals surface area contributed by atoms with E-state index in [1.54, 1.807) is 0 Å². The molecule has 0 aromatic rings. The fraction of sp³-hybridized carbons (Fsp3) is 0.909. The maximum Gasteiger partial charge on any atom is 0.320 e. The van der Waals surface area contributed by atoms with Gasteiger partial charge >= 0.3 is 5.97 Å². The number of carbonyl (C=O) groups is 1. The van der Waals surface area contributed by atoms with E-state index in [4.69, 9.17) is 5.11 Å². The predicted octanol–water partition coefficient (Wildman–Crippen LogP) is 0.389. The van der Waals surface area contributed by atoms with E-state index in [0.717, 1.165) is 19.6 Å². The van der Waals surface area contributed by atoms with Crippen LogP contribution in [0, 0.1) is 11.8 Å². The first kappa shape index (κ1) is 10.9. The van der Waals surface area contributed by atoms with Gasteiger partial charge in [-0.25, -0.2) is 0 Å². The average Bonchev–Trinajstić information content (AvgIpc) is 2.72. The average molecular weight is 212 g/mol. The van der Waals surface area contributed by atoms with Gasteiger partial charge in [0.05, 0.1) is 0 Å². The molecular formula is C11H20N2O2. The van der Waals surface area contributed by atoms with Gasteiger partial charge in [0.1, 0.15) is 6.04 Å². The zero-order valence-electron chi connectivity index (χ0n) is 9.44. The zero-order valence-corrected chi connectivity index (χ0v) is 9.44. The smallest absolute Gasteiger partial charge is 0.320 e. The summed E-state index contributed by atoms with van der Waals surface area (Å²) in [5, 5.41) is 12.5. The summed E-state index contributed by atoms with van der Waals surface area (Å²) in [6, 6.07) is 0.122. The molecule has 0 aliphatic carbocycles. The Morgan fingerprint density at radius 2 is 2.33 bits per heavy atom. The fourth-order valence-electron chi connectivity index (χ4n) is 3.16. The van der Waals surface area contributed by atoms with Gasteiger partial charge in [-0.3, -0.25) is 9.69 Å². The molecule has 2 heterocycles. The lowest BCUT2D eigenvalue weighted by atomic mass is 9.95. The van der Waals surface area contributed by atoms with Gasteiger partial charge in [0.25, 0.3) is 0 Å². The van der Waals surface area contributed by atoms with Gasteiger partial charge in [-0.15, -0.1) is 0 Å². The second-order valence-corrected chi connectivity index (χ2v) is 4.78. The molecule has 2 fully saturated rings. The molecule has 0 amide bonds. The zero-order chi connectivity index (χ0) is 11.0. The number of likely N-dealkylation sites (tertiary alicyclic amines) is 1. The molecule has 15 heavy (non-hydrogen) atoms. The lowest BCUT2D eigenvalue weighted by Crippen LogP contribution is -2.45. The summed E-state index contributed by atoms with van der Waals surface area (Å²) in [5.74, 6) is 0.643. The first-order valence-electron chi connectivity index (χ1n) is 5.84. The van der Waals surface area contributed by atoms with E-state index >= 15 is 0 Å². The molecule has 4 atom stereocenters. The van der Waals surface area contributed by atoms with Crippen LogP contribution in [0.1, 0.15) is 20.3 Å². The number of carboxylic acids is 1. The maximum atomic E-state index is 11.1. The van der Waals surface area contributed by atoms with Crippen molar-refractivity contribution in [2.45, 2.75) is 32.4 Å². The molecule has 2 aliphatic heterocycles. The molecule has 2 rings (SSSR count). The highest BCUT2D eigenvalue weighted by Gasteiger charge is 2.45. The molecule has 0 saturated carbocycles. The molecule has 2 aliphatic rings. The van der Waals surface area contributed by atoms with Crippen molar-refractivity contribution in [2.24, 2.45) is 11.8 Å². The Labute approximate surface area is 90.6 Å². The Bertz CT molecular complexity index is 257. The van der Waals surface area contributed by atoms with Gasteiger partial charge in [-0.2, -0.15) is 0 Å². The highest BCUT2D eigenvalue weighted by molar-refractivity contribution is 5.73. The summed E-state index contributed by atoms with van der Waals surface area (Å²) < 4.78 is 0. The highest BCUT2D eigenvalue weighted by Crippen LogP contribution is 2.34. The van der Waals surface area contributed by atoms with E-state index in [9.17, 15) is 4.79 Å². The minimum Gasteiger partial charge on any atom is -0.480 e. The topological polar surface area (TPSA) is 52.6 Å². The number of carboxylic acid groups (broad SMARTS) is 1. The van der Waals surface area contributed by atoms with Crippen molar-refractivity contribution in [1.82, 2.24) is 10.2 Å². The fourth-order valence-corrected chi connectivity index (χ4v) is 3.16. The van der Waals surface area contributed by atoms with Crippen LogP contribution in [0.5, 0.6) is 0 Å². The molecule has 2 N–H and O–H groups in total. The van der Waals surface area contributed by atoms with E-state index in [2.05, 4.69) is 17.1 Å². The largest absolute Gasteiger partial charge is 0.480 e. The molecule has 0 bridgehead atoms. The summed E-state index contributed by atoms with van der Waals surface area (Å²) in [5.41, 5.74) is 0.